The molecule has 0 unspecified atom stereocenters. The molecule has 2 aromatic rings. The van der Waals surface area contributed by atoms with Crippen LogP contribution in [0.15, 0.2) is 42.5 Å². The molecule has 138 valence electrons. The minimum atomic E-state index is -0.305. The van der Waals surface area contributed by atoms with Crippen LogP contribution < -0.4 is 16.0 Å². The van der Waals surface area contributed by atoms with E-state index in [-0.39, 0.29) is 17.6 Å². The number of anilines is 2. The number of aliphatic hydroxyl groups excluding tert-OH is 1. The molecule has 0 saturated heterocycles. The van der Waals surface area contributed by atoms with Crippen molar-refractivity contribution < 1.29 is 9.90 Å². The average molecular weight is 412 g/mol. The molecule has 1 amide bonds. The summed E-state index contributed by atoms with van der Waals surface area (Å²) in [5.41, 5.74) is 1.81. The number of aliphatic hydroxyl groups is 1. The summed E-state index contributed by atoms with van der Waals surface area (Å²) >= 11 is 17.4. The molecule has 0 atom stereocenters. The Morgan fingerprint density at radius 2 is 1.69 bits per heavy atom. The summed E-state index contributed by atoms with van der Waals surface area (Å²) in [6, 6.07) is 12.1. The maximum absolute atomic E-state index is 12.2. The Morgan fingerprint density at radius 3 is 2.35 bits per heavy atom. The first-order valence-electron chi connectivity index (χ1n) is 8.02. The first-order valence-corrected chi connectivity index (χ1v) is 9.19. The number of halogens is 2. The van der Waals surface area contributed by atoms with Gasteiger partial charge < -0.3 is 15.7 Å². The third-order valence-electron chi connectivity index (χ3n) is 3.47. The zero-order chi connectivity index (χ0) is 18.9. The molecule has 0 aliphatic carbocycles. The van der Waals surface area contributed by atoms with E-state index in [1.807, 2.05) is 6.07 Å². The van der Waals surface area contributed by atoms with Gasteiger partial charge in [-0.3, -0.25) is 10.1 Å². The zero-order valence-corrected chi connectivity index (χ0v) is 16.2. The molecule has 0 spiro atoms. The highest BCUT2D eigenvalue weighted by Crippen LogP contribution is 2.32. The summed E-state index contributed by atoms with van der Waals surface area (Å²) < 4.78 is 0. The first kappa shape index (κ1) is 20.5. The Morgan fingerprint density at radius 1 is 1.04 bits per heavy atom. The molecule has 0 bridgehead atoms. The van der Waals surface area contributed by atoms with Gasteiger partial charge in [-0.15, -0.1) is 0 Å². The highest BCUT2D eigenvalue weighted by molar-refractivity contribution is 7.80. The Labute approximate surface area is 167 Å². The SMILES string of the molecule is O=C(NC(=S)Nc1cc(Cl)c(Cl)cc1NCCCCO)c1ccccc1. The Kier molecular flexibility index (Phi) is 8.12. The van der Waals surface area contributed by atoms with E-state index in [2.05, 4.69) is 16.0 Å². The van der Waals surface area contributed by atoms with Crippen LogP contribution in [-0.4, -0.2) is 29.3 Å². The van der Waals surface area contributed by atoms with Crippen molar-refractivity contribution in [3.8, 4) is 0 Å². The van der Waals surface area contributed by atoms with Gasteiger partial charge in [0, 0.05) is 18.7 Å². The highest BCUT2D eigenvalue weighted by atomic mass is 35.5. The van der Waals surface area contributed by atoms with Crippen LogP contribution in [-0.2, 0) is 0 Å². The van der Waals surface area contributed by atoms with Crippen LogP contribution in [0.2, 0.25) is 10.0 Å². The maximum Gasteiger partial charge on any atom is 0.257 e. The van der Waals surface area contributed by atoms with Gasteiger partial charge in [0.2, 0.25) is 0 Å². The zero-order valence-electron chi connectivity index (χ0n) is 13.9. The fraction of sp³-hybridized carbons (Fsp3) is 0.222. The molecule has 0 aliphatic heterocycles. The van der Waals surface area contributed by atoms with E-state index in [1.54, 1.807) is 36.4 Å². The third kappa shape index (κ3) is 6.14. The lowest BCUT2D eigenvalue weighted by molar-refractivity contribution is 0.0977. The molecular formula is C18H19Cl2N3O2S. The minimum Gasteiger partial charge on any atom is -0.396 e. The van der Waals surface area contributed by atoms with Gasteiger partial charge in [0.25, 0.3) is 5.91 Å². The summed E-state index contributed by atoms with van der Waals surface area (Å²) in [5.74, 6) is -0.305. The molecule has 0 saturated carbocycles. The van der Waals surface area contributed by atoms with Crippen LogP contribution in [0.25, 0.3) is 0 Å². The fourth-order valence-electron chi connectivity index (χ4n) is 2.17. The van der Waals surface area contributed by atoms with Gasteiger partial charge in [0.1, 0.15) is 0 Å². The van der Waals surface area contributed by atoms with Crippen molar-refractivity contribution in [3.63, 3.8) is 0 Å². The summed E-state index contributed by atoms with van der Waals surface area (Å²) in [4.78, 5) is 12.2. The van der Waals surface area contributed by atoms with Crippen LogP contribution in [0.3, 0.4) is 0 Å². The Balaban J connectivity index is 2.05. The number of nitrogens with one attached hydrogen (secondary N) is 3. The second-order valence-electron chi connectivity index (χ2n) is 5.44. The van der Waals surface area contributed by atoms with Crippen LogP contribution >= 0.6 is 35.4 Å². The number of unbranched alkanes of at least 4 members (excludes halogenated alkanes) is 1. The van der Waals surface area contributed by atoms with Gasteiger partial charge in [-0.25, -0.2) is 0 Å². The van der Waals surface area contributed by atoms with E-state index in [0.717, 1.165) is 6.42 Å². The van der Waals surface area contributed by atoms with Gasteiger partial charge in [-0.1, -0.05) is 41.4 Å². The average Bonchev–Trinajstić information content (AvgIpc) is 2.63. The second-order valence-corrected chi connectivity index (χ2v) is 6.67. The van der Waals surface area contributed by atoms with Crippen LogP contribution in [0.1, 0.15) is 23.2 Å². The molecule has 0 aromatic heterocycles. The van der Waals surface area contributed by atoms with Gasteiger partial charge >= 0.3 is 0 Å². The van der Waals surface area contributed by atoms with E-state index in [4.69, 9.17) is 40.5 Å². The van der Waals surface area contributed by atoms with Crippen molar-refractivity contribution in [2.24, 2.45) is 0 Å². The van der Waals surface area contributed by atoms with Gasteiger partial charge in [-0.05, 0) is 49.3 Å². The minimum absolute atomic E-state index is 0.143. The largest absolute Gasteiger partial charge is 0.396 e. The molecule has 26 heavy (non-hydrogen) atoms. The lowest BCUT2D eigenvalue weighted by Gasteiger charge is -2.16. The van der Waals surface area contributed by atoms with Crippen molar-refractivity contribution in [2.75, 3.05) is 23.8 Å². The number of thiocarbonyl (C=S) groups is 1. The second kappa shape index (κ2) is 10.3. The normalized spacial score (nSPS) is 10.3. The number of carbonyl (C=O) groups excluding carboxylic acids is 1. The Hall–Kier alpha value is -1.86. The number of carbonyl (C=O) groups is 1. The monoisotopic (exact) mass is 411 g/mol. The predicted molar refractivity (Wildman–Crippen MR) is 111 cm³/mol. The first-order chi connectivity index (χ1) is 12.5. The van der Waals surface area contributed by atoms with Crippen LogP contribution in [0, 0.1) is 0 Å². The number of hydrogen-bond acceptors (Lipinski definition) is 4. The van der Waals surface area contributed by atoms with Gasteiger partial charge in [0.05, 0.1) is 21.4 Å². The summed E-state index contributed by atoms with van der Waals surface area (Å²) in [7, 11) is 0. The van der Waals surface area contributed by atoms with E-state index in [1.165, 1.54) is 0 Å². The van der Waals surface area contributed by atoms with E-state index >= 15 is 0 Å². The summed E-state index contributed by atoms with van der Waals surface area (Å²) in [5, 5.41) is 18.6. The number of benzene rings is 2. The predicted octanol–water partition coefficient (Wildman–Crippen LogP) is 4.30. The quantitative estimate of drug-likeness (QED) is 0.403. The lowest BCUT2D eigenvalue weighted by atomic mass is 10.2. The van der Waals surface area contributed by atoms with Crippen molar-refractivity contribution in [1.82, 2.24) is 5.32 Å². The fourth-order valence-corrected chi connectivity index (χ4v) is 2.70. The van der Waals surface area contributed by atoms with Crippen molar-refractivity contribution in [2.45, 2.75) is 12.8 Å². The molecule has 2 rings (SSSR count). The van der Waals surface area contributed by atoms with E-state index < -0.39 is 0 Å². The van der Waals surface area contributed by atoms with Crippen molar-refractivity contribution >= 4 is 57.8 Å². The van der Waals surface area contributed by atoms with Gasteiger partial charge in [-0.2, -0.15) is 0 Å². The number of hydrogen-bond donors (Lipinski definition) is 4. The van der Waals surface area contributed by atoms with Crippen LogP contribution in [0.5, 0.6) is 0 Å². The topological polar surface area (TPSA) is 73.4 Å². The molecular weight excluding hydrogens is 393 g/mol. The molecule has 0 fully saturated rings. The molecule has 2 aromatic carbocycles. The molecule has 0 radical (unpaired) electrons. The molecule has 5 nitrogen and oxygen atoms in total. The van der Waals surface area contributed by atoms with E-state index in [9.17, 15) is 4.79 Å². The molecule has 4 N–H and O–H groups in total. The van der Waals surface area contributed by atoms with Crippen molar-refractivity contribution in [1.29, 1.82) is 0 Å². The summed E-state index contributed by atoms with van der Waals surface area (Å²) in [6.07, 6.45) is 1.49. The molecule has 8 heteroatoms. The highest BCUT2D eigenvalue weighted by Gasteiger charge is 2.11. The standard InChI is InChI=1S/C18H19Cl2N3O2S/c19-13-10-15(21-8-4-5-9-24)16(11-14(13)20)22-18(26)23-17(25)12-6-2-1-3-7-12/h1-3,6-7,10-11,21,24H,4-5,8-9H2,(H2,22,23,25,26). The molecule has 0 aliphatic rings. The molecule has 0 heterocycles. The number of rotatable bonds is 7. The van der Waals surface area contributed by atoms with E-state index in [0.29, 0.717) is 39.9 Å². The van der Waals surface area contributed by atoms with Crippen molar-refractivity contribution in [3.05, 3.63) is 58.1 Å². The third-order valence-corrected chi connectivity index (χ3v) is 4.40. The van der Waals surface area contributed by atoms with Crippen LogP contribution in [0.4, 0.5) is 11.4 Å². The van der Waals surface area contributed by atoms with Gasteiger partial charge in [0.15, 0.2) is 5.11 Å². The smallest absolute Gasteiger partial charge is 0.257 e. The summed E-state index contributed by atoms with van der Waals surface area (Å²) in [6.45, 7) is 0.792. The lowest BCUT2D eigenvalue weighted by Crippen LogP contribution is -2.34. The number of amides is 1. The maximum atomic E-state index is 12.2. The Bertz CT molecular complexity index is 773.